The Labute approximate surface area is 90.7 Å². The van der Waals surface area contributed by atoms with Crippen LogP contribution in [-0.4, -0.2) is 5.91 Å². The third-order valence-corrected chi connectivity index (χ3v) is 3.13. The van der Waals surface area contributed by atoms with E-state index in [-0.39, 0.29) is 17.9 Å². The molecule has 0 spiro atoms. The summed E-state index contributed by atoms with van der Waals surface area (Å²) in [5.74, 6) is 0.494. The van der Waals surface area contributed by atoms with E-state index in [9.17, 15) is 4.79 Å². The van der Waals surface area contributed by atoms with E-state index in [4.69, 9.17) is 0 Å². The van der Waals surface area contributed by atoms with Gasteiger partial charge in [0.1, 0.15) is 0 Å². The van der Waals surface area contributed by atoms with E-state index in [1.807, 2.05) is 37.3 Å². The van der Waals surface area contributed by atoms with Crippen molar-refractivity contribution in [3.63, 3.8) is 0 Å². The maximum absolute atomic E-state index is 11.7. The number of benzene rings is 1. The zero-order chi connectivity index (χ0) is 10.7. The summed E-state index contributed by atoms with van der Waals surface area (Å²) in [5, 5.41) is 3.06. The number of carbonyl (C=O) groups is 1. The minimum atomic E-state index is 0.124. The smallest absolute Gasteiger partial charge is 0.223 e. The lowest BCUT2D eigenvalue weighted by Gasteiger charge is -2.26. The first-order chi connectivity index (χ1) is 7.27. The predicted octanol–water partition coefficient (Wildman–Crippen LogP) is 2.66. The monoisotopic (exact) mass is 203 g/mol. The molecule has 1 aliphatic rings. The maximum atomic E-state index is 11.7. The highest BCUT2D eigenvalue weighted by Crippen LogP contribution is 2.27. The molecule has 15 heavy (non-hydrogen) atoms. The molecule has 0 heterocycles. The highest BCUT2D eigenvalue weighted by Gasteiger charge is 2.26. The second-order valence-corrected chi connectivity index (χ2v) is 4.27. The molecule has 0 aliphatic heterocycles. The fourth-order valence-electron chi connectivity index (χ4n) is 1.83. The van der Waals surface area contributed by atoms with E-state index < -0.39 is 0 Å². The number of hydrogen-bond donors (Lipinski definition) is 1. The van der Waals surface area contributed by atoms with Crippen LogP contribution < -0.4 is 5.32 Å². The SMILES string of the molecule is C[C@@H](NC(=O)C1CCC1)c1ccccc1. The lowest BCUT2D eigenvalue weighted by Crippen LogP contribution is -2.35. The van der Waals surface area contributed by atoms with Gasteiger partial charge < -0.3 is 5.32 Å². The van der Waals surface area contributed by atoms with Crippen molar-refractivity contribution in [3.8, 4) is 0 Å². The van der Waals surface area contributed by atoms with Crippen LogP contribution >= 0.6 is 0 Å². The van der Waals surface area contributed by atoms with Gasteiger partial charge in [0.25, 0.3) is 0 Å². The Morgan fingerprint density at radius 2 is 2.00 bits per heavy atom. The molecule has 2 heteroatoms. The molecule has 1 aromatic rings. The van der Waals surface area contributed by atoms with Gasteiger partial charge in [0.05, 0.1) is 6.04 Å². The standard InChI is InChI=1S/C13H17NO/c1-10(11-6-3-2-4-7-11)14-13(15)12-8-5-9-12/h2-4,6-7,10,12H,5,8-9H2,1H3,(H,14,15)/t10-/m1/s1. The Hall–Kier alpha value is -1.31. The topological polar surface area (TPSA) is 29.1 Å². The zero-order valence-electron chi connectivity index (χ0n) is 9.07. The Morgan fingerprint density at radius 1 is 1.33 bits per heavy atom. The first kappa shape index (κ1) is 10.2. The summed E-state index contributed by atoms with van der Waals surface area (Å²) in [7, 11) is 0. The normalized spacial score (nSPS) is 17.9. The summed E-state index contributed by atoms with van der Waals surface area (Å²) in [6.07, 6.45) is 3.33. The van der Waals surface area contributed by atoms with E-state index in [1.54, 1.807) is 0 Å². The minimum Gasteiger partial charge on any atom is -0.349 e. The number of rotatable bonds is 3. The van der Waals surface area contributed by atoms with Crippen LogP contribution in [0, 0.1) is 5.92 Å². The van der Waals surface area contributed by atoms with Crippen molar-refractivity contribution in [3.05, 3.63) is 35.9 Å². The third-order valence-electron chi connectivity index (χ3n) is 3.13. The van der Waals surface area contributed by atoms with Crippen LogP contribution in [0.2, 0.25) is 0 Å². The van der Waals surface area contributed by atoms with Crippen molar-refractivity contribution in [2.24, 2.45) is 5.92 Å². The summed E-state index contributed by atoms with van der Waals surface area (Å²) >= 11 is 0. The Bertz CT molecular complexity index is 330. The summed E-state index contributed by atoms with van der Waals surface area (Å²) in [6.45, 7) is 2.03. The summed E-state index contributed by atoms with van der Waals surface area (Å²) in [4.78, 5) is 11.7. The molecule has 1 N–H and O–H groups in total. The number of amides is 1. The molecule has 80 valence electrons. The maximum Gasteiger partial charge on any atom is 0.223 e. The zero-order valence-corrected chi connectivity index (χ0v) is 9.07. The van der Waals surface area contributed by atoms with E-state index >= 15 is 0 Å². The summed E-state index contributed by atoms with van der Waals surface area (Å²) in [5.41, 5.74) is 1.17. The molecule has 0 saturated heterocycles. The van der Waals surface area contributed by atoms with Crippen LogP contribution in [0.1, 0.15) is 37.8 Å². The molecule has 1 atom stereocenters. The van der Waals surface area contributed by atoms with Gasteiger partial charge in [-0.25, -0.2) is 0 Å². The predicted molar refractivity (Wildman–Crippen MR) is 60.3 cm³/mol. The molecule has 1 saturated carbocycles. The van der Waals surface area contributed by atoms with E-state index in [1.165, 1.54) is 12.0 Å². The molecule has 2 nitrogen and oxygen atoms in total. The Morgan fingerprint density at radius 3 is 2.53 bits per heavy atom. The van der Waals surface area contributed by atoms with Gasteiger partial charge >= 0.3 is 0 Å². The van der Waals surface area contributed by atoms with Crippen molar-refractivity contribution in [1.29, 1.82) is 0 Å². The lowest BCUT2D eigenvalue weighted by atomic mass is 9.84. The van der Waals surface area contributed by atoms with Crippen LogP contribution in [0.25, 0.3) is 0 Å². The van der Waals surface area contributed by atoms with Gasteiger partial charge in [-0.05, 0) is 25.3 Å². The third kappa shape index (κ3) is 2.38. The van der Waals surface area contributed by atoms with Gasteiger partial charge in [-0.15, -0.1) is 0 Å². The van der Waals surface area contributed by atoms with Crippen molar-refractivity contribution >= 4 is 5.91 Å². The van der Waals surface area contributed by atoms with Gasteiger partial charge in [0.15, 0.2) is 0 Å². The van der Waals surface area contributed by atoms with Crippen molar-refractivity contribution < 1.29 is 4.79 Å². The first-order valence-corrected chi connectivity index (χ1v) is 5.62. The number of nitrogens with one attached hydrogen (secondary N) is 1. The van der Waals surface area contributed by atoms with E-state index in [2.05, 4.69) is 5.32 Å². The van der Waals surface area contributed by atoms with Crippen molar-refractivity contribution in [2.75, 3.05) is 0 Å². The van der Waals surface area contributed by atoms with Gasteiger partial charge in [0, 0.05) is 5.92 Å². The highest BCUT2D eigenvalue weighted by atomic mass is 16.1. The lowest BCUT2D eigenvalue weighted by molar-refractivity contribution is -0.128. The molecule has 0 bridgehead atoms. The average Bonchev–Trinajstić information content (AvgIpc) is 2.16. The van der Waals surface area contributed by atoms with Gasteiger partial charge in [-0.1, -0.05) is 36.8 Å². The average molecular weight is 203 g/mol. The fourth-order valence-corrected chi connectivity index (χ4v) is 1.83. The molecule has 0 unspecified atom stereocenters. The highest BCUT2D eigenvalue weighted by molar-refractivity contribution is 5.79. The summed E-state index contributed by atoms with van der Waals surface area (Å²) in [6, 6.07) is 10.2. The number of carbonyl (C=O) groups excluding carboxylic acids is 1. The summed E-state index contributed by atoms with van der Waals surface area (Å²) < 4.78 is 0. The van der Waals surface area contributed by atoms with Crippen LogP contribution in [-0.2, 0) is 4.79 Å². The molecule has 0 aromatic heterocycles. The molecular weight excluding hydrogens is 186 g/mol. The van der Waals surface area contributed by atoms with Crippen LogP contribution in [0.15, 0.2) is 30.3 Å². The second kappa shape index (κ2) is 4.47. The Balaban J connectivity index is 1.91. The Kier molecular flexibility index (Phi) is 3.05. The molecule has 1 aliphatic carbocycles. The van der Waals surface area contributed by atoms with Gasteiger partial charge in [-0.3, -0.25) is 4.79 Å². The molecule has 0 radical (unpaired) electrons. The fraction of sp³-hybridized carbons (Fsp3) is 0.462. The molecule has 2 rings (SSSR count). The quantitative estimate of drug-likeness (QED) is 0.804. The van der Waals surface area contributed by atoms with Crippen molar-refractivity contribution in [2.45, 2.75) is 32.2 Å². The van der Waals surface area contributed by atoms with Crippen molar-refractivity contribution in [1.82, 2.24) is 5.32 Å². The molecular formula is C13H17NO. The van der Waals surface area contributed by atoms with Crippen LogP contribution in [0.4, 0.5) is 0 Å². The molecule has 1 amide bonds. The van der Waals surface area contributed by atoms with E-state index in [0.29, 0.717) is 0 Å². The van der Waals surface area contributed by atoms with E-state index in [0.717, 1.165) is 12.8 Å². The minimum absolute atomic E-state index is 0.124. The van der Waals surface area contributed by atoms with Gasteiger partial charge in [-0.2, -0.15) is 0 Å². The van der Waals surface area contributed by atoms with Gasteiger partial charge in [0.2, 0.25) is 5.91 Å². The van der Waals surface area contributed by atoms with Crippen LogP contribution in [0.5, 0.6) is 0 Å². The van der Waals surface area contributed by atoms with Crippen LogP contribution in [0.3, 0.4) is 0 Å². The number of hydrogen-bond acceptors (Lipinski definition) is 1. The molecule has 1 aromatic carbocycles. The first-order valence-electron chi connectivity index (χ1n) is 5.62. The molecule has 1 fully saturated rings. The second-order valence-electron chi connectivity index (χ2n) is 4.27. The largest absolute Gasteiger partial charge is 0.349 e.